The first-order valence-electron chi connectivity index (χ1n) is 7.67. The Labute approximate surface area is 146 Å². The maximum absolute atomic E-state index is 12.8. The monoisotopic (exact) mass is 350 g/mol. The third kappa shape index (κ3) is 5.74. The van der Waals surface area contributed by atoms with Gasteiger partial charge < -0.3 is 15.0 Å². The van der Waals surface area contributed by atoms with Crippen molar-refractivity contribution in [2.24, 2.45) is 0 Å². The van der Waals surface area contributed by atoms with Crippen LogP contribution in [0.25, 0.3) is 0 Å². The van der Waals surface area contributed by atoms with Crippen molar-refractivity contribution >= 4 is 17.6 Å². The van der Waals surface area contributed by atoms with Crippen molar-refractivity contribution in [1.82, 2.24) is 10.2 Å². The summed E-state index contributed by atoms with van der Waals surface area (Å²) in [6.07, 6.45) is 0.656. The minimum Gasteiger partial charge on any atom is -0.494 e. The number of nitrogens with one attached hydrogen (secondary N) is 1. The SMILES string of the molecule is CN(Cc1ccccc1Cl)C(=O)NCCCOc1ccc(F)cc1. The summed E-state index contributed by atoms with van der Waals surface area (Å²) < 4.78 is 18.2. The summed E-state index contributed by atoms with van der Waals surface area (Å²) in [4.78, 5) is 13.6. The zero-order valence-electron chi connectivity index (χ0n) is 13.5. The van der Waals surface area contributed by atoms with Gasteiger partial charge in [0.1, 0.15) is 11.6 Å². The summed E-state index contributed by atoms with van der Waals surface area (Å²) in [5.74, 6) is 0.315. The molecule has 0 unspecified atom stereocenters. The maximum atomic E-state index is 12.8. The first-order valence-corrected chi connectivity index (χ1v) is 8.05. The second-order valence-corrected chi connectivity index (χ2v) is 5.74. The molecule has 0 spiro atoms. The van der Waals surface area contributed by atoms with Crippen LogP contribution >= 0.6 is 11.6 Å². The Morgan fingerprint density at radius 3 is 2.62 bits per heavy atom. The predicted octanol–water partition coefficient (Wildman–Crippen LogP) is 4.09. The van der Waals surface area contributed by atoms with Gasteiger partial charge >= 0.3 is 6.03 Å². The van der Waals surface area contributed by atoms with E-state index in [9.17, 15) is 9.18 Å². The second kappa shape index (κ2) is 9.13. The van der Waals surface area contributed by atoms with E-state index in [2.05, 4.69) is 5.32 Å². The molecule has 0 aliphatic carbocycles. The largest absolute Gasteiger partial charge is 0.494 e. The van der Waals surface area contributed by atoms with Gasteiger partial charge in [-0.1, -0.05) is 29.8 Å². The van der Waals surface area contributed by atoms with Crippen LogP contribution in [0.3, 0.4) is 0 Å². The van der Waals surface area contributed by atoms with Gasteiger partial charge in [-0.2, -0.15) is 0 Å². The molecule has 0 bridgehead atoms. The minimum absolute atomic E-state index is 0.170. The Kier molecular flexibility index (Phi) is 6.88. The molecule has 0 aliphatic rings. The lowest BCUT2D eigenvalue weighted by molar-refractivity contribution is 0.205. The first-order chi connectivity index (χ1) is 11.6. The van der Waals surface area contributed by atoms with E-state index < -0.39 is 0 Å². The van der Waals surface area contributed by atoms with Crippen molar-refractivity contribution in [3.8, 4) is 5.75 Å². The average Bonchev–Trinajstić information content (AvgIpc) is 2.58. The van der Waals surface area contributed by atoms with Crippen molar-refractivity contribution in [3.63, 3.8) is 0 Å². The molecule has 0 heterocycles. The summed E-state index contributed by atoms with van der Waals surface area (Å²) >= 11 is 6.09. The van der Waals surface area contributed by atoms with Crippen LogP contribution in [0.5, 0.6) is 5.75 Å². The van der Waals surface area contributed by atoms with E-state index in [1.807, 2.05) is 18.2 Å². The number of urea groups is 1. The number of rotatable bonds is 7. The fraction of sp³-hybridized carbons (Fsp3) is 0.278. The summed E-state index contributed by atoms with van der Waals surface area (Å²) in [5, 5.41) is 3.46. The van der Waals surface area contributed by atoms with Gasteiger partial charge in [-0.15, -0.1) is 0 Å². The minimum atomic E-state index is -0.295. The first kappa shape index (κ1) is 18.1. The van der Waals surface area contributed by atoms with E-state index in [0.717, 1.165) is 5.56 Å². The van der Waals surface area contributed by atoms with Crippen LogP contribution in [0.15, 0.2) is 48.5 Å². The maximum Gasteiger partial charge on any atom is 0.317 e. The van der Waals surface area contributed by atoms with Crippen LogP contribution in [-0.4, -0.2) is 31.1 Å². The zero-order chi connectivity index (χ0) is 17.4. The van der Waals surface area contributed by atoms with Crippen LogP contribution in [0, 0.1) is 5.82 Å². The lowest BCUT2D eigenvalue weighted by Crippen LogP contribution is -2.37. The van der Waals surface area contributed by atoms with Crippen LogP contribution in [0.1, 0.15) is 12.0 Å². The van der Waals surface area contributed by atoms with Crippen LogP contribution < -0.4 is 10.1 Å². The molecular weight excluding hydrogens is 331 g/mol. The van der Waals surface area contributed by atoms with E-state index in [4.69, 9.17) is 16.3 Å². The normalized spacial score (nSPS) is 10.3. The molecule has 128 valence electrons. The van der Waals surface area contributed by atoms with Crippen molar-refractivity contribution in [3.05, 3.63) is 64.9 Å². The summed E-state index contributed by atoms with van der Waals surface area (Å²) in [5.41, 5.74) is 0.899. The van der Waals surface area contributed by atoms with E-state index >= 15 is 0 Å². The van der Waals surface area contributed by atoms with Crippen molar-refractivity contribution in [2.45, 2.75) is 13.0 Å². The smallest absolute Gasteiger partial charge is 0.317 e. The van der Waals surface area contributed by atoms with Crippen molar-refractivity contribution in [1.29, 1.82) is 0 Å². The second-order valence-electron chi connectivity index (χ2n) is 5.34. The van der Waals surface area contributed by atoms with Gasteiger partial charge in [-0.05, 0) is 42.3 Å². The number of halogens is 2. The molecule has 4 nitrogen and oxygen atoms in total. The predicted molar refractivity (Wildman–Crippen MR) is 92.8 cm³/mol. The molecule has 0 atom stereocenters. The number of nitrogens with zero attached hydrogens (tertiary/aromatic N) is 1. The average molecular weight is 351 g/mol. The van der Waals surface area contributed by atoms with Crippen LogP contribution in [-0.2, 0) is 6.54 Å². The number of carbonyl (C=O) groups is 1. The summed E-state index contributed by atoms with van der Waals surface area (Å²) in [6, 6.07) is 13.1. The molecule has 2 amide bonds. The third-order valence-corrected chi connectivity index (χ3v) is 3.76. The highest BCUT2D eigenvalue weighted by atomic mass is 35.5. The molecule has 0 saturated heterocycles. The molecule has 0 saturated carbocycles. The van der Waals surface area contributed by atoms with Crippen molar-refractivity contribution in [2.75, 3.05) is 20.2 Å². The van der Waals surface area contributed by atoms with E-state index in [1.165, 1.54) is 12.1 Å². The van der Waals surface area contributed by atoms with Gasteiger partial charge in [-0.25, -0.2) is 9.18 Å². The molecule has 2 rings (SSSR count). The number of hydrogen-bond donors (Lipinski definition) is 1. The molecule has 2 aromatic carbocycles. The van der Waals surface area contributed by atoms with Gasteiger partial charge in [0, 0.05) is 25.2 Å². The van der Waals surface area contributed by atoms with Crippen molar-refractivity contribution < 1.29 is 13.9 Å². The van der Waals surface area contributed by atoms with Gasteiger partial charge in [0.15, 0.2) is 0 Å². The Balaban J connectivity index is 1.65. The Morgan fingerprint density at radius 1 is 1.21 bits per heavy atom. The number of amides is 2. The van der Waals surface area contributed by atoms with E-state index in [1.54, 1.807) is 30.1 Å². The molecule has 0 radical (unpaired) electrons. The Hall–Kier alpha value is -2.27. The van der Waals surface area contributed by atoms with Gasteiger partial charge in [0.2, 0.25) is 0 Å². The molecule has 24 heavy (non-hydrogen) atoms. The molecule has 0 aliphatic heterocycles. The lowest BCUT2D eigenvalue weighted by Gasteiger charge is -2.18. The van der Waals surface area contributed by atoms with Gasteiger partial charge in [0.25, 0.3) is 0 Å². The highest BCUT2D eigenvalue weighted by Gasteiger charge is 2.10. The topological polar surface area (TPSA) is 41.6 Å². The molecule has 2 aromatic rings. The lowest BCUT2D eigenvalue weighted by atomic mass is 10.2. The fourth-order valence-corrected chi connectivity index (χ4v) is 2.27. The molecular formula is C18H20ClFN2O2. The third-order valence-electron chi connectivity index (χ3n) is 3.39. The van der Waals surface area contributed by atoms with Gasteiger partial charge in [0.05, 0.1) is 6.61 Å². The number of carbonyl (C=O) groups excluding carboxylic acids is 1. The Morgan fingerprint density at radius 2 is 1.92 bits per heavy atom. The molecule has 6 heteroatoms. The number of benzene rings is 2. The summed E-state index contributed by atoms with van der Waals surface area (Å²) in [6.45, 7) is 1.38. The fourth-order valence-electron chi connectivity index (χ4n) is 2.08. The van der Waals surface area contributed by atoms with E-state index in [-0.39, 0.29) is 11.8 Å². The zero-order valence-corrected chi connectivity index (χ0v) is 14.2. The van der Waals surface area contributed by atoms with Crippen LogP contribution in [0.4, 0.5) is 9.18 Å². The van der Waals surface area contributed by atoms with E-state index in [0.29, 0.717) is 36.9 Å². The molecule has 0 fully saturated rings. The number of ether oxygens (including phenoxy) is 1. The molecule has 0 aromatic heterocycles. The summed E-state index contributed by atoms with van der Waals surface area (Å²) in [7, 11) is 1.72. The molecule has 1 N–H and O–H groups in total. The number of hydrogen-bond acceptors (Lipinski definition) is 2. The highest BCUT2D eigenvalue weighted by Crippen LogP contribution is 2.16. The standard InChI is InChI=1S/C18H20ClFN2O2/c1-22(13-14-5-2-3-6-17(14)19)18(23)21-11-4-12-24-16-9-7-15(20)8-10-16/h2-3,5-10H,4,11-13H2,1H3,(H,21,23). The quantitative estimate of drug-likeness (QED) is 0.764. The highest BCUT2D eigenvalue weighted by molar-refractivity contribution is 6.31. The van der Waals surface area contributed by atoms with Gasteiger partial charge in [-0.3, -0.25) is 0 Å². The van der Waals surface area contributed by atoms with Crippen LogP contribution in [0.2, 0.25) is 5.02 Å². The Bertz CT molecular complexity index is 664.